The summed E-state index contributed by atoms with van der Waals surface area (Å²) >= 11 is 7.57. The summed E-state index contributed by atoms with van der Waals surface area (Å²) in [6.07, 6.45) is 0. The molecule has 0 aliphatic carbocycles. The van der Waals surface area contributed by atoms with Crippen LogP contribution in [0.3, 0.4) is 0 Å². The van der Waals surface area contributed by atoms with Crippen LogP contribution in [-0.4, -0.2) is 63.8 Å². The number of amides is 3. The van der Waals surface area contributed by atoms with Crippen molar-refractivity contribution in [3.05, 3.63) is 113 Å². The van der Waals surface area contributed by atoms with Crippen molar-refractivity contribution in [3.8, 4) is 11.4 Å². The third-order valence-electron chi connectivity index (χ3n) is 6.90. The second-order valence-corrected chi connectivity index (χ2v) is 12.7. The van der Waals surface area contributed by atoms with Gasteiger partial charge < -0.3 is 0 Å². The highest BCUT2D eigenvalue weighted by Crippen LogP contribution is 2.26. The quantitative estimate of drug-likeness (QED) is 0.0500. The SMILES string of the molecule is C.CC(=O)NN.CC(=O)NNC(=O)c1nsc2ccc(-n3c(=O)cc(F)n(C)c3=O)cc12.Cn1c(F)cc(=O)n(-c2ccc3snc(C(=O)Cl)c3c2)c1=O.FCF.FCF. The number of halogens is 7. The lowest BCUT2D eigenvalue weighted by atomic mass is 10.2. The van der Waals surface area contributed by atoms with Crippen molar-refractivity contribution in [1.29, 1.82) is 0 Å². The van der Waals surface area contributed by atoms with Crippen molar-refractivity contribution in [2.45, 2.75) is 21.3 Å². The van der Waals surface area contributed by atoms with Crippen molar-refractivity contribution >= 4 is 77.8 Å². The standard InChI is InChI=1S/C15H12FN5O4S.C13H7ClFN3O3S.C2H6N2O.2CH2F2.CH4/c1-7(22)17-18-14(24)13-9-5-8(3-4-10(9)26-19-13)21-12(23)6-11(16)20(2)15(21)25;1-17-9(15)5-10(19)18(13(17)21)6-2-3-8-7(4-6)11(12(14)20)16-22-8;1-2(5)4-3;2*2-1-3;/h3-6H,1-2H3,(H,17,22)(H,18,24);2-5H,1H3;3H2,1H3,(H,4,5);2*1H2;1H4. The Morgan fingerprint density at radius 2 is 1.05 bits per heavy atom. The van der Waals surface area contributed by atoms with Gasteiger partial charge in [-0.15, -0.1) is 0 Å². The van der Waals surface area contributed by atoms with Crippen LogP contribution in [0.5, 0.6) is 0 Å². The molecule has 0 spiro atoms. The maximum Gasteiger partial charge on any atom is 0.337 e. The van der Waals surface area contributed by atoms with Crippen molar-refractivity contribution < 1.29 is 45.5 Å². The minimum absolute atomic E-state index is 0. The van der Waals surface area contributed by atoms with Gasteiger partial charge in [0, 0.05) is 38.7 Å². The zero-order valence-corrected chi connectivity index (χ0v) is 32.9. The average molecular weight is 911 g/mol. The molecule has 0 radical (unpaired) electrons. The Bertz CT molecular complexity index is 2730. The average Bonchev–Trinajstić information content (AvgIpc) is 3.81. The Labute approximate surface area is 345 Å². The minimum atomic E-state index is -1.75. The number of nitrogens with zero attached hydrogens (tertiary/aromatic N) is 6. The van der Waals surface area contributed by atoms with Gasteiger partial charge in [0.2, 0.25) is 37.6 Å². The minimum Gasteiger partial charge on any atom is -0.295 e. The number of carbonyl (C=O) groups excluding carboxylic acids is 4. The van der Waals surface area contributed by atoms with Crippen molar-refractivity contribution in [2.24, 2.45) is 19.9 Å². The number of nitrogens with two attached hydrogens (primary N) is 1. The van der Waals surface area contributed by atoms with Crippen molar-refractivity contribution in [3.63, 3.8) is 0 Å². The largest absolute Gasteiger partial charge is 0.337 e. The number of aromatic nitrogens is 6. The van der Waals surface area contributed by atoms with Crippen LogP contribution in [0.2, 0.25) is 0 Å². The van der Waals surface area contributed by atoms with Crippen LogP contribution in [0.25, 0.3) is 31.5 Å². The van der Waals surface area contributed by atoms with Crippen LogP contribution in [0.4, 0.5) is 26.3 Å². The Morgan fingerprint density at radius 1 is 0.683 bits per heavy atom. The molecule has 60 heavy (non-hydrogen) atoms. The van der Waals surface area contributed by atoms with Gasteiger partial charge in [0.25, 0.3) is 22.3 Å². The van der Waals surface area contributed by atoms with E-state index in [-0.39, 0.29) is 36.1 Å². The van der Waals surface area contributed by atoms with E-state index in [2.05, 4.69) is 25.4 Å². The highest BCUT2D eigenvalue weighted by molar-refractivity contribution is 7.14. The van der Waals surface area contributed by atoms with Gasteiger partial charge in [0.1, 0.15) is 5.69 Å². The van der Waals surface area contributed by atoms with E-state index in [0.717, 1.165) is 32.2 Å². The molecular weight excluding hydrogens is 878 g/mol. The van der Waals surface area contributed by atoms with Crippen LogP contribution in [-0.2, 0) is 23.7 Å². The molecular formula is C33H33ClF6N10O8S2. The smallest absolute Gasteiger partial charge is 0.295 e. The molecule has 0 bridgehead atoms. The highest BCUT2D eigenvalue weighted by atomic mass is 35.5. The fourth-order valence-corrected chi connectivity index (χ4v) is 6.02. The second kappa shape index (κ2) is 23.8. The summed E-state index contributed by atoms with van der Waals surface area (Å²) in [7, 11) is 2.41. The van der Waals surface area contributed by atoms with Crippen LogP contribution in [0.1, 0.15) is 42.3 Å². The van der Waals surface area contributed by atoms with E-state index < -0.39 is 65.3 Å². The first-order valence-electron chi connectivity index (χ1n) is 15.5. The number of hydrogen-bond donors (Lipinski definition) is 4. The molecule has 0 aliphatic rings. The van der Waals surface area contributed by atoms with Crippen LogP contribution in [0.15, 0.2) is 67.7 Å². The summed E-state index contributed by atoms with van der Waals surface area (Å²) in [5.41, 5.74) is 3.35. The molecule has 4 aromatic heterocycles. The summed E-state index contributed by atoms with van der Waals surface area (Å²) in [6.45, 7) is -0.922. The molecule has 6 rings (SSSR count). The predicted molar refractivity (Wildman–Crippen MR) is 211 cm³/mol. The van der Waals surface area contributed by atoms with E-state index in [1.807, 2.05) is 5.43 Å². The third kappa shape index (κ3) is 13.0. The number of rotatable bonds is 4. The normalized spacial score (nSPS) is 9.87. The Kier molecular flexibility index (Phi) is 20.4. The number of hydrogen-bond acceptors (Lipinski definition) is 13. The molecule has 5 N–H and O–H groups in total. The predicted octanol–water partition coefficient (Wildman–Crippen LogP) is 3.13. The second-order valence-electron chi connectivity index (χ2n) is 10.7. The lowest BCUT2D eigenvalue weighted by Crippen LogP contribution is -2.40. The van der Waals surface area contributed by atoms with Crippen molar-refractivity contribution in [2.75, 3.05) is 13.9 Å². The lowest BCUT2D eigenvalue weighted by molar-refractivity contribution is -0.120. The Morgan fingerprint density at radius 3 is 1.40 bits per heavy atom. The monoisotopic (exact) mass is 910 g/mol. The first-order chi connectivity index (χ1) is 27.8. The number of carbonyl (C=O) groups is 4. The molecule has 27 heteroatoms. The van der Waals surface area contributed by atoms with Crippen LogP contribution < -0.4 is 44.6 Å². The molecule has 0 fully saturated rings. The number of benzene rings is 2. The third-order valence-corrected chi connectivity index (χ3v) is 8.74. The number of alkyl halides is 4. The molecule has 18 nitrogen and oxygen atoms in total. The van der Waals surface area contributed by atoms with Gasteiger partial charge in [0.05, 0.1) is 32.9 Å². The number of fused-ring (bicyclic) bond motifs is 2. The van der Waals surface area contributed by atoms with Gasteiger partial charge in [-0.05, 0) is 71.1 Å². The molecule has 0 saturated carbocycles. The topological polar surface area (TPSA) is 244 Å². The summed E-state index contributed by atoms with van der Waals surface area (Å²) in [4.78, 5) is 92.2. The molecule has 0 aliphatic heterocycles. The van der Waals surface area contributed by atoms with Crippen molar-refractivity contribution in [1.82, 2.24) is 43.3 Å². The number of hydrazine groups is 2. The summed E-state index contributed by atoms with van der Waals surface area (Å²) in [5.74, 6) is 1.36. The summed E-state index contributed by atoms with van der Waals surface area (Å²) < 4.78 is 77.7. The molecule has 3 amide bonds. The summed E-state index contributed by atoms with van der Waals surface area (Å²) in [5, 5.41) is 0.0807. The number of nitrogens with one attached hydrogen (secondary N) is 3. The fraction of sp³-hybridized carbons (Fsp3) is 0.212. The van der Waals surface area contributed by atoms with E-state index in [4.69, 9.17) is 11.6 Å². The van der Waals surface area contributed by atoms with Crippen LogP contribution >= 0.6 is 34.7 Å². The maximum atomic E-state index is 13.5. The van der Waals surface area contributed by atoms with Gasteiger partial charge in [0.15, 0.2) is 5.69 Å². The molecule has 2 aromatic carbocycles. The first kappa shape index (κ1) is 51.5. The van der Waals surface area contributed by atoms with E-state index in [1.165, 1.54) is 52.2 Å². The van der Waals surface area contributed by atoms with Gasteiger partial charge in [-0.25, -0.2) is 42.1 Å². The first-order valence-corrected chi connectivity index (χ1v) is 17.5. The highest BCUT2D eigenvalue weighted by Gasteiger charge is 2.18. The van der Waals surface area contributed by atoms with Gasteiger partial charge in [-0.1, -0.05) is 7.43 Å². The zero-order chi connectivity index (χ0) is 44.7. The van der Waals surface area contributed by atoms with E-state index in [0.29, 0.717) is 41.4 Å². The molecule has 4 heterocycles. The summed E-state index contributed by atoms with van der Waals surface area (Å²) in [6, 6.07) is 10.5. The Balaban J connectivity index is 0.000000479. The maximum absolute atomic E-state index is 13.5. The van der Waals surface area contributed by atoms with Crippen LogP contribution in [0, 0.1) is 11.9 Å². The fourth-order valence-electron chi connectivity index (χ4n) is 4.31. The molecule has 324 valence electrons. The van der Waals surface area contributed by atoms with E-state index >= 15 is 0 Å². The van der Waals surface area contributed by atoms with Gasteiger partial charge in [-0.2, -0.15) is 17.5 Å². The lowest BCUT2D eigenvalue weighted by Gasteiger charge is -2.08. The zero-order valence-electron chi connectivity index (χ0n) is 30.5. The molecule has 0 atom stereocenters. The molecule has 0 saturated heterocycles. The molecule has 0 unspecified atom stereocenters. The van der Waals surface area contributed by atoms with E-state index in [9.17, 15) is 64.7 Å². The molecule has 6 aromatic rings. The van der Waals surface area contributed by atoms with E-state index in [1.54, 1.807) is 12.1 Å². The van der Waals surface area contributed by atoms with Gasteiger partial charge in [-0.3, -0.25) is 54.2 Å². The Hall–Kier alpha value is -6.51. The van der Waals surface area contributed by atoms with Gasteiger partial charge >= 0.3 is 11.4 Å².